The van der Waals surface area contributed by atoms with Gasteiger partial charge < -0.3 is 5.32 Å². The average Bonchev–Trinajstić information content (AvgIpc) is 3.21. The minimum absolute atomic E-state index is 0.0367. The van der Waals surface area contributed by atoms with Crippen LogP contribution in [0.3, 0.4) is 0 Å². The van der Waals surface area contributed by atoms with E-state index in [2.05, 4.69) is 30.4 Å². The van der Waals surface area contributed by atoms with Crippen molar-refractivity contribution < 1.29 is 13.2 Å². The fraction of sp³-hybridized carbons (Fsp3) is 0.450. The van der Waals surface area contributed by atoms with Crippen molar-refractivity contribution in [1.29, 1.82) is 0 Å². The van der Waals surface area contributed by atoms with E-state index in [-0.39, 0.29) is 18.4 Å². The Morgan fingerprint density at radius 1 is 1.30 bits per heavy atom. The largest absolute Gasteiger partial charge is 0.356 e. The number of nitrogens with one attached hydrogen (secondary N) is 1. The van der Waals surface area contributed by atoms with Gasteiger partial charge in [0.15, 0.2) is 0 Å². The third-order valence-electron chi connectivity index (χ3n) is 4.87. The van der Waals surface area contributed by atoms with Crippen LogP contribution in [0.5, 0.6) is 0 Å². The van der Waals surface area contributed by atoms with Crippen LogP contribution < -0.4 is 5.32 Å². The lowest BCUT2D eigenvalue weighted by Crippen LogP contribution is -2.45. The molecule has 7 heteroatoms. The van der Waals surface area contributed by atoms with Gasteiger partial charge in [0.1, 0.15) is 4.21 Å². The number of thiophene rings is 1. The van der Waals surface area contributed by atoms with Crippen LogP contribution in [-0.2, 0) is 21.2 Å². The lowest BCUT2D eigenvalue weighted by Gasteiger charge is -2.30. The molecule has 1 aromatic carbocycles. The van der Waals surface area contributed by atoms with E-state index in [4.69, 9.17) is 0 Å². The quantitative estimate of drug-likeness (QED) is 0.718. The number of nitrogens with zero attached hydrogens (tertiary/aromatic N) is 1. The normalized spacial score (nSPS) is 18.3. The van der Waals surface area contributed by atoms with Crippen molar-refractivity contribution in [3.05, 3.63) is 52.9 Å². The maximum atomic E-state index is 12.7. The van der Waals surface area contributed by atoms with Crippen LogP contribution in [0.15, 0.2) is 46.0 Å². The number of carbonyl (C=O) groups is 1. The van der Waals surface area contributed by atoms with Crippen molar-refractivity contribution in [1.82, 2.24) is 9.62 Å². The summed E-state index contributed by atoms with van der Waals surface area (Å²) in [7, 11) is -3.48. The SMILES string of the molecule is Cc1cccc(CCCNC(=O)C2CCCN(S(=O)(=O)c3cccs3)C2)c1. The van der Waals surface area contributed by atoms with Gasteiger partial charge >= 0.3 is 0 Å². The molecule has 1 aliphatic rings. The summed E-state index contributed by atoms with van der Waals surface area (Å²) in [4.78, 5) is 12.5. The zero-order valence-electron chi connectivity index (χ0n) is 15.6. The molecule has 0 saturated carbocycles. The molecule has 3 rings (SSSR count). The first-order valence-corrected chi connectivity index (χ1v) is 11.7. The topological polar surface area (TPSA) is 66.5 Å². The molecule has 2 aromatic rings. The van der Waals surface area contributed by atoms with Crippen molar-refractivity contribution in [3.63, 3.8) is 0 Å². The number of piperidine rings is 1. The molecule has 1 atom stereocenters. The second kappa shape index (κ2) is 8.99. The lowest BCUT2D eigenvalue weighted by atomic mass is 9.98. The third kappa shape index (κ3) is 5.18. The Morgan fingerprint density at radius 3 is 2.89 bits per heavy atom. The molecule has 0 bridgehead atoms. The van der Waals surface area contributed by atoms with Crippen LogP contribution in [0, 0.1) is 12.8 Å². The number of carbonyl (C=O) groups excluding carboxylic acids is 1. The minimum Gasteiger partial charge on any atom is -0.356 e. The molecule has 1 unspecified atom stereocenters. The van der Waals surface area contributed by atoms with E-state index in [1.165, 1.54) is 26.8 Å². The van der Waals surface area contributed by atoms with E-state index in [0.29, 0.717) is 23.7 Å². The van der Waals surface area contributed by atoms with Gasteiger partial charge in [-0.2, -0.15) is 4.31 Å². The molecule has 1 aromatic heterocycles. The molecule has 146 valence electrons. The van der Waals surface area contributed by atoms with Gasteiger partial charge in [0.25, 0.3) is 10.0 Å². The summed E-state index contributed by atoms with van der Waals surface area (Å²) in [6, 6.07) is 11.7. The highest BCUT2D eigenvalue weighted by atomic mass is 32.2. The van der Waals surface area contributed by atoms with E-state index in [9.17, 15) is 13.2 Å². The van der Waals surface area contributed by atoms with Gasteiger partial charge in [-0.1, -0.05) is 35.9 Å². The Kier molecular flexibility index (Phi) is 6.68. The summed E-state index contributed by atoms with van der Waals surface area (Å²) in [5.41, 5.74) is 2.51. The molecule has 1 fully saturated rings. The fourth-order valence-electron chi connectivity index (χ4n) is 3.43. The second-order valence-corrected chi connectivity index (χ2v) is 10.1. The predicted molar refractivity (Wildman–Crippen MR) is 108 cm³/mol. The van der Waals surface area contributed by atoms with E-state index >= 15 is 0 Å². The molecule has 0 radical (unpaired) electrons. The van der Waals surface area contributed by atoms with Crippen molar-refractivity contribution in [2.24, 2.45) is 5.92 Å². The van der Waals surface area contributed by atoms with Crippen molar-refractivity contribution in [2.75, 3.05) is 19.6 Å². The zero-order valence-corrected chi connectivity index (χ0v) is 17.2. The molecule has 27 heavy (non-hydrogen) atoms. The number of hydrogen-bond donors (Lipinski definition) is 1. The van der Waals surface area contributed by atoms with Gasteiger partial charge in [-0.05, 0) is 49.6 Å². The fourth-order valence-corrected chi connectivity index (χ4v) is 6.10. The van der Waals surface area contributed by atoms with E-state index in [1.807, 2.05) is 6.07 Å². The summed E-state index contributed by atoms with van der Waals surface area (Å²) < 4.78 is 27.1. The number of aryl methyl sites for hydroxylation is 2. The van der Waals surface area contributed by atoms with Crippen LogP contribution in [0.2, 0.25) is 0 Å². The van der Waals surface area contributed by atoms with Gasteiger partial charge in [0.2, 0.25) is 5.91 Å². The Balaban J connectivity index is 1.48. The van der Waals surface area contributed by atoms with Crippen LogP contribution in [0.1, 0.15) is 30.4 Å². The summed E-state index contributed by atoms with van der Waals surface area (Å²) in [6.45, 7) is 3.44. The van der Waals surface area contributed by atoms with Crippen molar-refractivity contribution >= 4 is 27.3 Å². The van der Waals surface area contributed by atoms with E-state index in [1.54, 1.807) is 17.5 Å². The van der Waals surface area contributed by atoms with Crippen LogP contribution >= 0.6 is 11.3 Å². The Labute approximate surface area is 165 Å². The summed E-state index contributed by atoms with van der Waals surface area (Å²) in [5, 5.41) is 4.75. The van der Waals surface area contributed by atoms with Crippen LogP contribution in [0.25, 0.3) is 0 Å². The molecule has 0 spiro atoms. The molecule has 2 heterocycles. The Hall–Kier alpha value is -1.70. The van der Waals surface area contributed by atoms with Crippen LogP contribution in [0.4, 0.5) is 0 Å². The monoisotopic (exact) mass is 406 g/mol. The number of sulfonamides is 1. The number of rotatable bonds is 7. The maximum absolute atomic E-state index is 12.7. The first-order chi connectivity index (χ1) is 13.0. The first-order valence-electron chi connectivity index (χ1n) is 9.34. The highest BCUT2D eigenvalue weighted by Crippen LogP contribution is 2.26. The average molecular weight is 407 g/mol. The van der Waals surface area contributed by atoms with Crippen molar-refractivity contribution in [2.45, 2.75) is 36.8 Å². The van der Waals surface area contributed by atoms with Crippen LogP contribution in [-0.4, -0.2) is 38.3 Å². The number of hydrogen-bond acceptors (Lipinski definition) is 4. The summed E-state index contributed by atoms with van der Waals surface area (Å²) in [6.07, 6.45) is 3.25. The van der Waals surface area contributed by atoms with E-state index < -0.39 is 10.0 Å². The number of amides is 1. The third-order valence-corrected chi connectivity index (χ3v) is 8.11. The molecule has 1 aliphatic heterocycles. The van der Waals surface area contributed by atoms with Gasteiger partial charge in [-0.3, -0.25) is 4.79 Å². The van der Waals surface area contributed by atoms with Crippen molar-refractivity contribution in [3.8, 4) is 0 Å². The van der Waals surface area contributed by atoms with Gasteiger partial charge in [-0.15, -0.1) is 11.3 Å². The predicted octanol–water partition coefficient (Wildman–Crippen LogP) is 3.21. The Morgan fingerprint density at radius 2 is 2.15 bits per heavy atom. The first kappa shape index (κ1) is 20.0. The molecular weight excluding hydrogens is 380 g/mol. The van der Waals surface area contributed by atoms with Gasteiger partial charge in [0.05, 0.1) is 5.92 Å². The van der Waals surface area contributed by atoms with Gasteiger partial charge in [-0.25, -0.2) is 8.42 Å². The zero-order chi connectivity index (χ0) is 19.3. The summed E-state index contributed by atoms with van der Waals surface area (Å²) >= 11 is 1.22. The lowest BCUT2D eigenvalue weighted by molar-refractivity contribution is -0.126. The number of benzene rings is 1. The standard InChI is InChI=1S/C20H26N2O3S2/c1-16-6-2-7-17(14-16)8-3-11-21-20(23)18-9-4-12-22(15-18)27(24,25)19-10-5-13-26-19/h2,5-7,10,13-14,18H,3-4,8-9,11-12,15H2,1H3,(H,21,23). The summed E-state index contributed by atoms with van der Waals surface area (Å²) in [5.74, 6) is -0.308. The molecule has 1 saturated heterocycles. The second-order valence-electron chi connectivity index (χ2n) is 7.02. The maximum Gasteiger partial charge on any atom is 0.252 e. The highest BCUT2D eigenvalue weighted by Gasteiger charge is 2.33. The minimum atomic E-state index is -3.48. The smallest absolute Gasteiger partial charge is 0.252 e. The molecule has 1 amide bonds. The molecule has 0 aliphatic carbocycles. The molecule has 1 N–H and O–H groups in total. The van der Waals surface area contributed by atoms with Gasteiger partial charge in [0, 0.05) is 19.6 Å². The molecular formula is C20H26N2O3S2. The Bertz CT molecular complexity index is 863. The highest BCUT2D eigenvalue weighted by molar-refractivity contribution is 7.91. The molecule has 5 nitrogen and oxygen atoms in total. The van der Waals surface area contributed by atoms with E-state index in [0.717, 1.165) is 19.3 Å².